The summed E-state index contributed by atoms with van der Waals surface area (Å²) in [6.45, 7) is 6.73. The zero-order valence-corrected chi connectivity index (χ0v) is 20.2. The Morgan fingerprint density at radius 2 is 2.18 bits per heavy atom. The van der Waals surface area contributed by atoms with E-state index in [1.165, 1.54) is 4.88 Å². The maximum absolute atomic E-state index is 11.3. The number of anilines is 1. The maximum Gasteiger partial charge on any atom is 0.306 e. The molecule has 1 aliphatic carbocycles. The van der Waals surface area contributed by atoms with Crippen LogP contribution < -0.4 is 10.1 Å². The van der Waals surface area contributed by atoms with Crippen LogP contribution in [0.25, 0.3) is 11.4 Å². The minimum Gasteiger partial charge on any atom is -0.489 e. The molecule has 0 amide bonds. The van der Waals surface area contributed by atoms with Crippen molar-refractivity contribution < 1.29 is 14.6 Å². The number of rotatable bonds is 8. The van der Waals surface area contributed by atoms with E-state index in [9.17, 15) is 9.90 Å². The molecule has 3 heterocycles. The summed E-state index contributed by atoms with van der Waals surface area (Å²) in [4.78, 5) is 21.8. The Morgan fingerprint density at radius 3 is 2.88 bits per heavy atom. The summed E-state index contributed by atoms with van der Waals surface area (Å²) >= 11 is 1.65. The van der Waals surface area contributed by atoms with Crippen molar-refractivity contribution in [1.82, 2.24) is 25.0 Å². The Kier molecular flexibility index (Phi) is 6.92. The Balaban J connectivity index is 1.47. The fourth-order valence-corrected chi connectivity index (χ4v) is 4.84. The molecule has 0 bridgehead atoms. The molecular formula is C23H30N6O3S. The van der Waals surface area contributed by atoms with Gasteiger partial charge < -0.3 is 15.2 Å². The standard InChI is InChI=1S/C23H30N6O3S/c1-13(2)20-12-25-23(33-20)24-11-18-21(27-28-29(18)4)17-8-9-19(14(3)26-17)32-16-7-5-6-15(10-16)22(30)31/h8-9,12-13,15-16H,5-7,10-11H2,1-4H3,(H,24,25)(H,30,31)/t15-,16-/m0/s1. The highest BCUT2D eigenvalue weighted by molar-refractivity contribution is 7.15. The molecule has 0 aliphatic heterocycles. The maximum atomic E-state index is 11.3. The van der Waals surface area contributed by atoms with Gasteiger partial charge in [0.1, 0.15) is 11.4 Å². The number of carbonyl (C=O) groups is 1. The monoisotopic (exact) mass is 470 g/mol. The lowest BCUT2D eigenvalue weighted by Gasteiger charge is -2.27. The van der Waals surface area contributed by atoms with Crippen LogP contribution in [0, 0.1) is 12.8 Å². The summed E-state index contributed by atoms with van der Waals surface area (Å²) in [7, 11) is 1.86. The summed E-state index contributed by atoms with van der Waals surface area (Å²) in [6.07, 6.45) is 4.78. The van der Waals surface area contributed by atoms with Gasteiger partial charge in [-0.25, -0.2) is 14.6 Å². The van der Waals surface area contributed by atoms with E-state index in [1.54, 1.807) is 16.0 Å². The number of hydrogen-bond donors (Lipinski definition) is 2. The first-order valence-electron chi connectivity index (χ1n) is 11.3. The van der Waals surface area contributed by atoms with E-state index in [-0.39, 0.29) is 12.0 Å². The van der Waals surface area contributed by atoms with Crippen molar-refractivity contribution in [3.63, 3.8) is 0 Å². The number of nitrogens with zero attached hydrogens (tertiary/aromatic N) is 5. The van der Waals surface area contributed by atoms with E-state index >= 15 is 0 Å². The third kappa shape index (κ3) is 5.32. The molecule has 2 N–H and O–H groups in total. The highest BCUT2D eigenvalue weighted by Gasteiger charge is 2.28. The van der Waals surface area contributed by atoms with Crippen LogP contribution in [-0.4, -0.2) is 42.1 Å². The van der Waals surface area contributed by atoms with Crippen LogP contribution in [-0.2, 0) is 18.4 Å². The van der Waals surface area contributed by atoms with E-state index in [1.807, 2.05) is 32.3 Å². The van der Waals surface area contributed by atoms with Gasteiger partial charge in [-0.3, -0.25) is 4.79 Å². The molecule has 9 nitrogen and oxygen atoms in total. The summed E-state index contributed by atoms with van der Waals surface area (Å²) in [5, 5.41) is 22.1. The SMILES string of the molecule is Cc1nc(-c2nnn(C)c2CNc2ncc(C(C)C)s2)ccc1O[C@H]1CCC[C@H](C(=O)O)C1. The predicted molar refractivity (Wildman–Crippen MR) is 127 cm³/mol. The number of thiazole rings is 1. The zero-order chi connectivity index (χ0) is 23.5. The minimum atomic E-state index is -0.740. The molecular weight excluding hydrogens is 440 g/mol. The Bertz CT molecular complexity index is 1130. The Morgan fingerprint density at radius 1 is 1.36 bits per heavy atom. The number of carboxylic acids is 1. The Labute approximate surface area is 197 Å². The van der Waals surface area contributed by atoms with Gasteiger partial charge in [0.2, 0.25) is 0 Å². The fraction of sp³-hybridized carbons (Fsp3) is 0.522. The van der Waals surface area contributed by atoms with Crippen LogP contribution in [0.15, 0.2) is 18.3 Å². The lowest BCUT2D eigenvalue weighted by Crippen LogP contribution is -2.29. The van der Waals surface area contributed by atoms with Crippen LogP contribution >= 0.6 is 11.3 Å². The number of hydrogen-bond acceptors (Lipinski definition) is 8. The first-order valence-corrected chi connectivity index (χ1v) is 12.1. The second-order valence-electron chi connectivity index (χ2n) is 8.81. The molecule has 0 unspecified atom stereocenters. The normalized spacial score (nSPS) is 18.5. The second-order valence-corrected chi connectivity index (χ2v) is 9.87. The van der Waals surface area contributed by atoms with Crippen molar-refractivity contribution in [3.05, 3.63) is 34.6 Å². The van der Waals surface area contributed by atoms with E-state index in [4.69, 9.17) is 9.72 Å². The molecule has 0 spiro atoms. The molecule has 33 heavy (non-hydrogen) atoms. The number of aliphatic carboxylic acids is 1. The van der Waals surface area contributed by atoms with E-state index < -0.39 is 5.97 Å². The molecule has 2 atom stereocenters. The summed E-state index contributed by atoms with van der Waals surface area (Å²) in [6, 6.07) is 3.78. The average Bonchev–Trinajstić information content (AvgIpc) is 3.41. The van der Waals surface area contributed by atoms with Gasteiger partial charge in [0.05, 0.1) is 35.6 Å². The first-order chi connectivity index (χ1) is 15.8. The third-order valence-corrected chi connectivity index (χ3v) is 7.25. The van der Waals surface area contributed by atoms with Gasteiger partial charge in [-0.05, 0) is 50.7 Å². The van der Waals surface area contributed by atoms with Gasteiger partial charge in [0, 0.05) is 18.1 Å². The largest absolute Gasteiger partial charge is 0.489 e. The zero-order valence-electron chi connectivity index (χ0n) is 19.4. The molecule has 0 radical (unpaired) electrons. The van der Waals surface area contributed by atoms with E-state index in [0.717, 1.165) is 35.1 Å². The van der Waals surface area contributed by atoms with Crippen molar-refractivity contribution >= 4 is 22.4 Å². The molecule has 0 aromatic carbocycles. The van der Waals surface area contributed by atoms with Crippen LogP contribution in [0.5, 0.6) is 5.75 Å². The number of nitrogens with one attached hydrogen (secondary N) is 1. The number of carboxylic acid groups (broad SMARTS) is 1. The van der Waals surface area contributed by atoms with Gasteiger partial charge in [-0.2, -0.15) is 0 Å². The average molecular weight is 471 g/mol. The van der Waals surface area contributed by atoms with Gasteiger partial charge >= 0.3 is 5.97 Å². The fourth-order valence-electron chi connectivity index (χ4n) is 4.03. The Hall–Kier alpha value is -3.01. The predicted octanol–water partition coefficient (Wildman–Crippen LogP) is 4.40. The third-order valence-electron chi connectivity index (χ3n) is 5.99. The van der Waals surface area contributed by atoms with Crippen molar-refractivity contribution in [2.24, 2.45) is 13.0 Å². The molecule has 3 aromatic rings. The van der Waals surface area contributed by atoms with E-state index in [2.05, 4.69) is 34.5 Å². The van der Waals surface area contributed by atoms with Crippen LogP contribution in [0.1, 0.15) is 61.7 Å². The number of pyridine rings is 1. The summed E-state index contributed by atoms with van der Waals surface area (Å²) in [5.41, 5.74) is 3.09. The quantitative estimate of drug-likeness (QED) is 0.498. The molecule has 1 saturated carbocycles. The summed E-state index contributed by atoms with van der Waals surface area (Å²) < 4.78 is 7.88. The second kappa shape index (κ2) is 9.86. The molecule has 176 valence electrons. The van der Waals surface area contributed by atoms with E-state index in [0.29, 0.717) is 36.7 Å². The number of ether oxygens (including phenoxy) is 1. The molecule has 0 saturated heterocycles. The summed E-state index contributed by atoms with van der Waals surface area (Å²) in [5.74, 6) is 0.0572. The van der Waals surface area contributed by atoms with Gasteiger partial charge in [-0.15, -0.1) is 16.4 Å². The van der Waals surface area contributed by atoms with Gasteiger partial charge in [0.15, 0.2) is 5.13 Å². The number of aromatic nitrogens is 5. The first kappa shape index (κ1) is 23.2. The molecule has 1 fully saturated rings. The smallest absolute Gasteiger partial charge is 0.306 e. The number of aryl methyl sites for hydroxylation is 2. The molecule has 10 heteroatoms. The topological polar surface area (TPSA) is 115 Å². The van der Waals surface area contributed by atoms with Crippen molar-refractivity contribution in [3.8, 4) is 17.1 Å². The van der Waals surface area contributed by atoms with Crippen LogP contribution in [0.4, 0.5) is 5.13 Å². The highest BCUT2D eigenvalue weighted by atomic mass is 32.1. The minimum absolute atomic E-state index is 0.100. The van der Waals surface area contributed by atoms with Gasteiger partial charge in [-0.1, -0.05) is 19.1 Å². The molecule has 3 aromatic heterocycles. The molecule has 1 aliphatic rings. The van der Waals surface area contributed by atoms with Crippen molar-refractivity contribution in [2.75, 3.05) is 5.32 Å². The van der Waals surface area contributed by atoms with Crippen LogP contribution in [0.2, 0.25) is 0 Å². The lowest BCUT2D eigenvalue weighted by atomic mass is 9.87. The molecule has 4 rings (SSSR count). The van der Waals surface area contributed by atoms with Gasteiger partial charge in [0.25, 0.3) is 0 Å². The van der Waals surface area contributed by atoms with Crippen molar-refractivity contribution in [2.45, 2.75) is 65.0 Å². The van der Waals surface area contributed by atoms with Crippen molar-refractivity contribution in [1.29, 1.82) is 0 Å². The van der Waals surface area contributed by atoms with Crippen LogP contribution in [0.3, 0.4) is 0 Å². The highest BCUT2D eigenvalue weighted by Crippen LogP contribution is 2.31. The lowest BCUT2D eigenvalue weighted by molar-refractivity contribution is -0.143.